The van der Waals surface area contributed by atoms with Crippen LogP contribution in [0.5, 0.6) is 5.75 Å². The van der Waals surface area contributed by atoms with Crippen LogP contribution in [0.4, 0.5) is 16.2 Å². The second kappa shape index (κ2) is 8.14. The van der Waals surface area contributed by atoms with E-state index in [0.717, 1.165) is 12.0 Å². The third kappa shape index (κ3) is 3.97. The van der Waals surface area contributed by atoms with Gasteiger partial charge in [-0.15, -0.1) is 0 Å². The average molecular weight is 413 g/mol. The van der Waals surface area contributed by atoms with Gasteiger partial charge in [0.15, 0.2) is 6.61 Å². The van der Waals surface area contributed by atoms with E-state index in [1.165, 1.54) is 11.1 Å². The SMILES string of the molecule is O=C(Nc1ccc2c(c1)OCC(=O)N2Cc1ccccc1)N1CCc2ccccc2C1. The van der Waals surface area contributed by atoms with Gasteiger partial charge in [0.05, 0.1) is 12.2 Å². The second-order valence-electron chi connectivity index (χ2n) is 7.81. The van der Waals surface area contributed by atoms with Crippen molar-refractivity contribution >= 4 is 23.3 Å². The maximum atomic E-state index is 12.8. The molecule has 6 nitrogen and oxygen atoms in total. The number of anilines is 2. The number of nitrogens with zero attached hydrogens (tertiary/aromatic N) is 2. The van der Waals surface area contributed by atoms with Crippen LogP contribution in [0.15, 0.2) is 72.8 Å². The van der Waals surface area contributed by atoms with E-state index < -0.39 is 0 Å². The van der Waals surface area contributed by atoms with Crippen LogP contribution in [0.2, 0.25) is 0 Å². The Balaban J connectivity index is 1.31. The maximum Gasteiger partial charge on any atom is 0.322 e. The van der Waals surface area contributed by atoms with E-state index in [2.05, 4.69) is 17.4 Å². The monoisotopic (exact) mass is 413 g/mol. The van der Waals surface area contributed by atoms with Gasteiger partial charge in [0.2, 0.25) is 0 Å². The minimum absolute atomic E-state index is 0.0137. The Labute approximate surface area is 181 Å². The van der Waals surface area contributed by atoms with Gasteiger partial charge in [-0.3, -0.25) is 4.79 Å². The fraction of sp³-hybridized carbons (Fsp3) is 0.200. The number of carbonyl (C=O) groups is 2. The summed E-state index contributed by atoms with van der Waals surface area (Å²) in [6, 6.07) is 23.4. The van der Waals surface area contributed by atoms with E-state index in [1.54, 1.807) is 11.0 Å². The number of hydrogen-bond donors (Lipinski definition) is 1. The smallest absolute Gasteiger partial charge is 0.322 e. The number of ether oxygens (including phenoxy) is 1. The molecule has 0 bridgehead atoms. The molecule has 6 heteroatoms. The van der Waals surface area contributed by atoms with Gasteiger partial charge in [0.25, 0.3) is 5.91 Å². The number of nitrogens with one attached hydrogen (secondary N) is 1. The second-order valence-corrected chi connectivity index (χ2v) is 7.81. The number of rotatable bonds is 3. The molecule has 2 heterocycles. The fourth-order valence-corrected chi connectivity index (χ4v) is 4.09. The number of hydrogen-bond acceptors (Lipinski definition) is 3. The fourth-order valence-electron chi connectivity index (χ4n) is 4.09. The molecule has 1 N–H and O–H groups in total. The van der Waals surface area contributed by atoms with Gasteiger partial charge < -0.3 is 19.9 Å². The molecule has 0 fully saturated rings. The standard InChI is InChI=1S/C25H23N3O3/c29-24-17-31-23-14-21(10-11-22(23)28(24)15-18-6-2-1-3-7-18)26-25(30)27-13-12-19-8-4-5-9-20(19)16-27/h1-11,14H,12-13,15-17H2,(H,26,30). The number of fused-ring (bicyclic) bond motifs is 2. The van der Waals surface area contributed by atoms with Crippen LogP contribution in [0.25, 0.3) is 0 Å². The largest absolute Gasteiger partial charge is 0.481 e. The van der Waals surface area contributed by atoms with Gasteiger partial charge in [-0.25, -0.2) is 4.79 Å². The van der Waals surface area contributed by atoms with Gasteiger partial charge in [-0.2, -0.15) is 0 Å². The molecule has 0 aromatic heterocycles. The van der Waals surface area contributed by atoms with Crippen molar-refractivity contribution in [1.82, 2.24) is 4.90 Å². The lowest BCUT2D eigenvalue weighted by molar-refractivity contribution is -0.121. The topological polar surface area (TPSA) is 61.9 Å². The molecule has 0 radical (unpaired) electrons. The molecule has 3 aromatic carbocycles. The van der Waals surface area contributed by atoms with E-state index >= 15 is 0 Å². The molecule has 3 aromatic rings. The molecule has 156 valence electrons. The molecule has 0 saturated heterocycles. The molecule has 0 saturated carbocycles. The minimum Gasteiger partial charge on any atom is -0.481 e. The van der Waals surface area contributed by atoms with Gasteiger partial charge >= 0.3 is 6.03 Å². The summed E-state index contributed by atoms with van der Waals surface area (Å²) in [4.78, 5) is 28.8. The van der Waals surface area contributed by atoms with Crippen molar-refractivity contribution < 1.29 is 14.3 Å². The van der Waals surface area contributed by atoms with E-state index in [0.29, 0.717) is 36.8 Å². The summed E-state index contributed by atoms with van der Waals surface area (Å²) in [6.45, 7) is 1.75. The molecular weight excluding hydrogens is 390 g/mol. The van der Waals surface area contributed by atoms with Crippen LogP contribution in [-0.2, 0) is 24.3 Å². The lowest BCUT2D eigenvalue weighted by Gasteiger charge is -2.31. The lowest BCUT2D eigenvalue weighted by atomic mass is 10.0. The van der Waals surface area contributed by atoms with Crippen molar-refractivity contribution in [3.05, 3.63) is 89.5 Å². The first-order chi connectivity index (χ1) is 15.2. The Morgan fingerprint density at radius 2 is 1.74 bits per heavy atom. The first kappa shape index (κ1) is 19.2. The highest BCUT2D eigenvalue weighted by molar-refractivity contribution is 5.98. The molecule has 0 aliphatic carbocycles. The van der Waals surface area contributed by atoms with E-state index in [4.69, 9.17) is 4.74 Å². The third-order valence-corrected chi connectivity index (χ3v) is 5.76. The number of carbonyl (C=O) groups excluding carboxylic acids is 2. The zero-order valence-electron chi connectivity index (χ0n) is 17.1. The molecular formula is C25H23N3O3. The van der Waals surface area contributed by atoms with Crippen LogP contribution >= 0.6 is 0 Å². The highest BCUT2D eigenvalue weighted by Gasteiger charge is 2.26. The molecule has 5 rings (SSSR count). The van der Waals surface area contributed by atoms with E-state index in [1.807, 2.05) is 59.5 Å². The normalized spacial score (nSPS) is 15.0. The first-order valence-electron chi connectivity index (χ1n) is 10.4. The van der Waals surface area contributed by atoms with Crippen molar-refractivity contribution in [2.24, 2.45) is 0 Å². The Hall–Kier alpha value is -3.80. The zero-order valence-corrected chi connectivity index (χ0v) is 17.1. The summed E-state index contributed by atoms with van der Waals surface area (Å²) in [7, 11) is 0. The summed E-state index contributed by atoms with van der Waals surface area (Å²) >= 11 is 0. The lowest BCUT2D eigenvalue weighted by Crippen LogP contribution is -2.39. The van der Waals surface area contributed by atoms with Crippen molar-refractivity contribution in [3.63, 3.8) is 0 Å². The Morgan fingerprint density at radius 3 is 2.58 bits per heavy atom. The Morgan fingerprint density at radius 1 is 0.968 bits per heavy atom. The number of benzene rings is 3. The van der Waals surface area contributed by atoms with Gasteiger partial charge in [0, 0.05) is 24.8 Å². The van der Waals surface area contributed by atoms with Crippen LogP contribution in [-0.4, -0.2) is 30.0 Å². The zero-order chi connectivity index (χ0) is 21.2. The highest BCUT2D eigenvalue weighted by Crippen LogP contribution is 2.35. The van der Waals surface area contributed by atoms with Crippen molar-refractivity contribution in [2.45, 2.75) is 19.5 Å². The Kier molecular flexibility index (Phi) is 5.04. The van der Waals surface area contributed by atoms with E-state index in [9.17, 15) is 9.59 Å². The van der Waals surface area contributed by atoms with E-state index in [-0.39, 0.29) is 18.5 Å². The summed E-state index contributed by atoms with van der Waals surface area (Å²) in [5.74, 6) is 0.512. The highest BCUT2D eigenvalue weighted by atomic mass is 16.5. The van der Waals surface area contributed by atoms with Crippen molar-refractivity contribution in [3.8, 4) is 5.75 Å². The molecule has 31 heavy (non-hydrogen) atoms. The van der Waals surface area contributed by atoms with Crippen molar-refractivity contribution in [1.29, 1.82) is 0 Å². The van der Waals surface area contributed by atoms with Gasteiger partial charge in [-0.05, 0) is 35.2 Å². The van der Waals surface area contributed by atoms with Crippen LogP contribution in [0, 0.1) is 0 Å². The van der Waals surface area contributed by atoms with Crippen LogP contribution in [0.3, 0.4) is 0 Å². The number of urea groups is 1. The molecule has 0 spiro atoms. The maximum absolute atomic E-state index is 12.8. The predicted octanol–water partition coefficient (Wildman–Crippen LogP) is 4.20. The predicted molar refractivity (Wildman–Crippen MR) is 119 cm³/mol. The van der Waals surface area contributed by atoms with Crippen LogP contribution in [0.1, 0.15) is 16.7 Å². The number of amides is 3. The summed E-state index contributed by atoms with van der Waals surface area (Å²) in [6.07, 6.45) is 0.855. The van der Waals surface area contributed by atoms with Crippen molar-refractivity contribution in [2.75, 3.05) is 23.4 Å². The van der Waals surface area contributed by atoms with Gasteiger partial charge in [0.1, 0.15) is 5.75 Å². The first-order valence-corrected chi connectivity index (χ1v) is 10.4. The summed E-state index contributed by atoms with van der Waals surface area (Å²) in [5, 5.41) is 2.97. The Bertz CT molecular complexity index is 1130. The molecule has 2 aliphatic heterocycles. The molecule has 0 atom stereocenters. The summed E-state index contributed by atoms with van der Waals surface area (Å²) < 4.78 is 5.66. The van der Waals surface area contributed by atoms with Crippen LogP contribution < -0.4 is 15.0 Å². The average Bonchev–Trinajstić information content (AvgIpc) is 2.81. The quantitative estimate of drug-likeness (QED) is 0.700. The molecule has 2 aliphatic rings. The summed E-state index contributed by atoms with van der Waals surface area (Å²) in [5.41, 5.74) is 4.90. The molecule has 3 amide bonds. The molecule has 0 unspecified atom stereocenters. The third-order valence-electron chi connectivity index (χ3n) is 5.76. The van der Waals surface area contributed by atoms with Gasteiger partial charge in [-0.1, -0.05) is 54.6 Å². The minimum atomic E-state index is -0.137.